The van der Waals surface area contributed by atoms with Crippen LogP contribution < -0.4 is 5.69 Å². The van der Waals surface area contributed by atoms with Gasteiger partial charge in [-0.25, -0.2) is 9.78 Å². The summed E-state index contributed by atoms with van der Waals surface area (Å²) in [6.07, 6.45) is 3.23. The number of nitrogens with one attached hydrogen (secondary N) is 1. The SMILES string of the molecule is N#Cc1ccc2c(c1)[nH]c(=O)n2[C@H]1C[C@H](c2nnc(-c3nccs3)n2-c2ccccc2Cl)C1. The lowest BCUT2D eigenvalue weighted by Crippen LogP contribution is -2.32. The van der Waals surface area contributed by atoms with E-state index in [1.165, 1.54) is 11.3 Å². The smallest absolute Gasteiger partial charge is 0.305 e. The predicted molar refractivity (Wildman–Crippen MR) is 126 cm³/mol. The number of hydrogen-bond acceptors (Lipinski definition) is 6. The molecule has 0 atom stereocenters. The van der Waals surface area contributed by atoms with Gasteiger partial charge in [0, 0.05) is 23.5 Å². The van der Waals surface area contributed by atoms with E-state index in [0.717, 1.165) is 34.9 Å². The molecule has 3 aromatic heterocycles. The summed E-state index contributed by atoms with van der Waals surface area (Å²) in [5.41, 5.74) is 2.64. The second kappa shape index (κ2) is 7.69. The van der Waals surface area contributed by atoms with Crippen molar-refractivity contribution < 1.29 is 0 Å². The monoisotopic (exact) mass is 473 g/mol. The number of para-hydroxylation sites is 1. The molecule has 0 amide bonds. The van der Waals surface area contributed by atoms with E-state index in [1.807, 2.05) is 40.3 Å². The average Bonchev–Trinajstić information content (AvgIpc) is 3.52. The van der Waals surface area contributed by atoms with Crippen molar-refractivity contribution in [2.24, 2.45) is 0 Å². The molecule has 0 unspecified atom stereocenters. The number of rotatable bonds is 4. The van der Waals surface area contributed by atoms with Crippen LogP contribution in [-0.2, 0) is 0 Å². The number of hydrogen-bond donors (Lipinski definition) is 1. The van der Waals surface area contributed by atoms with Gasteiger partial charge in [-0.1, -0.05) is 23.7 Å². The lowest BCUT2D eigenvalue weighted by Gasteiger charge is -2.35. The minimum absolute atomic E-state index is 0.0314. The van der Waals surface area contributed by atoms with E-state index in [0.29, 0.717) is 21.9 Å². The van der Waals surface area contributed by atoms with Gasteiger partial charge in [-0.15, -0.1) is 21.5 Å². The zero-order valence-corrected chi connectivity index (χ0v) is 18.7. The average molecular weight is 474 g/mol. The number of aromatic amines is 1. The highest BCUT2D eigenvalue weighted by molar-refractivity contribution is 7.13. The number of fused-ring (bicyclic) bond motifs is 1. The molecule has 0 bridgehead atoms. The molecule has 1 aliphatic rings. The summed E-state index contributed by atoms with van der Waals surface area (Å²) in [7, 11) is 0. The Balaban J connectivity index is 1.37. The number of benzene rings is 2. The summed E-state index contributed by atoms with van der Waals surface area (Å²) >= 11 is 8.04. The minimum Gasteiger partial charge on any atom is -0.305 e. The zero-order valence-electron chi connectivity index (χ0n) is 17.1. The Morgan fingerprint density at radius 2 is 2.03 bits per heavy atom. The van der Waals surface area contributed by atoms with Crippen molar-refractivity contribution in [2.45, 2.75) is 24.8 Å². The first-order chi connectivity index (χ1) is 16.1. The normalized spacial score (nSPS) is 17.7. The first-order valence-corrected chi connectivity index (χ1v) is 11.6. The van der Waals surface area contributed by atoms with Crippen LogP contribution in [0, 0.1) is 11.3 Å². The summed E-state index contributed by atoms with van der Waals surface area (Å²) in [6, 6.07) is 15.0. The highest BCUT2D eigenvalue weighted by atomic mass is 35.5. The Morgan fingerprint density at radius 1 is 1.18 bits per heavy atom. The molecule has 0 radical (unpaired) electrons. The van der Waals surface area contributed by atoms with Crippen molar-refractivity contribution in [3.8, 4) is 22.6 Å². The molecule has 1 N–H and O–H groups in total. The van der Waals surface area contributed by atoms with Crippen LogP contribution in [0.3, 0.4) is 0 Å². The van der Waals surface area contributed by atoms with Crippen molar-refractivity contribution in [1.82, 2.24) is 29.3 Å². The molecule has 6 rings (SSSR count). The third-order valence-electron chi connectivity index (χ3n) is 6.09. The van der Waals surface area contributed by atoms with Crippen molar-refractivity contribution in [1.29, 1.82) is 5.26 Å². The second-order valence-electron chi connectivity index (χ2n) is 7.97. The van der Waals surface area contributed by atoms with Crippen LogP contribution in [0.15, 0.2) is 58.8 Å². The van der Waals surface area contributed by atoms with Crippen molar-refractivity contribution >= 4 is 34.0 Å². The van der Waals surface area contributed by atoms with Crippen LogP contribution in [0.5, 0.6) is 0 Å². The van der Waals surface area contributed by atoms with Gasteiger partial charge in [0.1, 0.15) is 5.82 Å². The maximum Gasteiger partial charge on any atom is 0.326 e. The fourth-order valence-corrected chi connectivity index (χ4v) is 5.31. The Morgan fingerprint density at radius 3 is 2.79 bits per heavy atom. The Hall–Kier alpha value is -3.74. The van der Waals surface area contributed by atoms with Gasteiger partial charge in [0.15, 0.2) is 10.8 Å². The van der Waals surface area contributed by atoms with E-state index in [9.17, 15) is 4.79 Å². The summed E-state index contributed by atoms with van der Waals surface area (Å²) < 4.78 is 3.77. The van der Waals surface area contributed by atoms with Crippen LogP contribution in [0.1, 0.15) is 36.2 Å². The molecular weight excluding hydrogens is 458 g/mol. The predicted octanol–water partition coefficient (Wildman–Crippen LogP) is 4.68. The molecule has 33 heavy (non-hydrogen) atoms. The zero-order chi connectivity index (χ0) is 22.5. The van der Waals surface area contributed by atoms with E-state index in [1.54, 1.807) is 22.9 Å². The summed E-state index contributed by atoms with van der Waals surface area (Å²) in [5.74, 6) is 1.58. The third-order valence-corrected chi connectivity index (χ3v) is 7.18. The van der Waals surface area contributed by atoms with Gasteiger partial charge in [0.2, 0.25) is 0 Å². The number of thiazole rings is 1. The number of imidazole rings is 1. The fourth-order valence-electron chi connectivity index (χ4n) is 4.48. The van der Waals surface area contributed by atoms with Gasteiger partial charge in [0.05, 0.1) is 33.4 Å². The third kappa shape index (κ3) is 3.18. The maximum absolute atomic E-state index is 12.7. The first kappa shape index (κ1) is 19.9. The number of nitrogens with zero attached hydrogens (tertiary/aromatic N) is 6. The molecule has 1 saturated carbocycles. The standard InChI is InChI=1S/C23H16ClN7OS/c24-16-3-1-2-4-18(16)31-20(28-29-21(31)22-26-7-8-33-22)14-10-15(11-14)30-19-6-5-13(12-25)9-17(19)27-23(30)32/h1-9,14-15H,10-11H2,(H,27,32)/t14-,15-. The van der Waals surface area contributed by atoms with Crippen LogP contribution in [0.2, 0.25) is 5.02 Å². The first-order valence-electron chi connectivity index (χ1n) is 10.4. The highest BCUT2D eigenvalue weighted by Crippen LogP contribution is 2.46. The van der Waals surface area contributed by atoms with Gasteiger partial charge in [0.25, 0.3) is 0 Å². The summed E-state index contributed by atoms with van der Waals surface area (Å²) in [5, 5.41) is 21.4. The number of H-pyrrole nitrogens is 1. The quantitative estimate of drug-likeness (QED) is 0.408. The summed E-state index contributed by atoms with van der Waals surface area (Å²) in [6.45, 7) is 0. The largest absolute Gasteiger partial charge is 0.326 e. The number of halogens is 1. The van der Waals surface area contributed by atoms with Crippen LogP contribution in [0.4, 0.5) is 0 Å². The van der Waals surface area contributed by atoms with E-state index in [4.69, 9.17) is 16.9 Å². The molecule has 0 saturated heterocycles. The second-order valence-corrected chi connectivity index (χ2v) is 9.27. The molecule has 5 aromatic rings. The molecule has 3 heterocycles. The Kier molecular flexibility index (Phi) is 4.64. The number of nitriles is 1. The molecule has 162 valence electrons. The van der Waals surface area contributed by atoms with E-state index >= 15 is 0 Å². The van der Waals surface area contributed by atoms with Crippen LogP contribution in [-0.4, -0.2) is 29.3 Å². The van der Waals surface area contributed by atoms with Crippen molar-refractivity contribution in [3.05, 3.63) is 80.9 Å². The number of aromatic nitrogens is 6. The summed E-state index contributed by atoms with van der Waals surface area (Å²) in [4.78, 5) is 20.0. The molecule has 1 fully saturated rings. The van der Waals surface area contributed by atoms with Crippen molar-refractivity contribution in [3.63, 3.8) is 0 Å². The lowest BCUT2D eigenvalue weighted by atomic mass is 9.79. The van der Waals surface area contributed by atoms with E-state index in [2.05, 4.69) is 26.2 Å². The maximum atomic E-state index is 12.7. The molecule has 2 aromatic carbocycles. The fraction of sp³-hybridized carbons (Fsp3) is 0.174. The van der Waals surface area contributed by atoms with E-state index < -0.39 is 0 Å². The molecule has 0 aliphatic heterocycles. The molecule has 10 heteroatoms. The molecule has 0 spiro atoms. The highest BCUT2D eigenvalue weighted by Gasteiger charge is 2.38. The Bertz CT molecular complexity index is 1590. The van der Waals surface area contributed by atoms with Gasteiger partial charge in [-0.3, -0.25) is 9.13 Å². The molecular formula is C23H16ClN7OS. The molecule has 1 aliphatic carbocycles. The van der Waals surface area contributed by atoms with Gasteiger partial charge >= 0.3 is 5.69 Å². The molecule has 8 nitrogen and oxygen atoms in total. The van der Waals surface area contributed by atoms with Gasteiger partial charge in [-0.2, -0.15) is 5.26 Å². The minimum atomic E-state index is -0.167. The van der Waals surface area contributed by atoms with Crippen LogP contribution in [0.25, 0.3) is 27.6 Å². The lowest BCUT2D eigenvalue weighted by molar-refractivity contribution is 0.254. The van der Waals surface area contributed by atoms with Crippen LogP contribution >= 0.6 is 22.9 Å². The topological polar surface area (TPSA) is 105 Å². The van der Waals surface area contributed by atoms with Gasteiger partial charge in [-0.05, 0) is 43.2 Å². The Labute approximate surface area is 196 Å². The van der Waals surface area contributed by atoms with E-state index in [-0.39, 0.29) is 17.6 Å². The van der Waals surface area contributed by atoms with Crippen molar-refractivity contribution in [2.75, 3.05) is 0 Å². The van der Waals surface area contributed by atoms with Gasteiger partial charge < -0.3 is 4.98 Å².